The number of halogens is 3. The Morgan fingerprint density at radius 3 is 2.29 bits per heavy atom. The molecule has 0 saturated carbocycles. The number of carbonyl (C=O) groups excluding carboxylic acids is 2. The summed E-state index contributed by atoms with van der Waals surface area (Å²) in [5.74, 6) is -0.553. The summed E-state index contributed by atoms with van der Waals surface area (Å²) in [6.07, 6.45) is 0. The lowest BCUT2D eigenvalue weighted by molar-refractivity contribution is -0.114. The maximum absolute atomic E-state index is 12.5. The summed E-state index contributed by atoms with van der Waals surface area (Å²) in [6.45, 7) is 1.37. The smallest absolute Gasteiger partial charge is 0.221 e. The van der Waals surface area contributed by atoms with E-state index < -0.39 is 0 Å². The van der Waals surface area contributed by atoms with Crippen molar-refractivity contribution in [3.63, 3.8) is 0 Å². The highest BCUT2D eigenvalue weighted by Crippen LogP contribution is 2.26. The Balaban J connectivity index is 0.00000220. The first-order chi connectivity index (χ1) is 9.49. The van der Waals surface area contributed by atoms with Gasteiger partial charge in [-0.25, -0.2) is 0 Å². The minimum Gasteiger partial charge on any atom is -0.326 e. The van der Waals surface area contributed by atoms with Gasteiger partial charge >= 0.3 is 0 Å². The van der Waals surface area contributed by atoms with Crippen molar-refractivity contribution < 1.29 is 9.59 Å². The molecule has 6 heteroatoms. The molecule has 0 saturated heterocycles. The normalized spacial score (nSPS) is 9.67. The number of amides is 1. The molecule has 0 aliphatic rings. The molecular formula is C15H12Cl3NO2. The molecule has 1 amide bonds. The van der Waals surface area contributed by atoms with Crippen molar-refractivity contribution in [2.75, 3.05) is 5.32 Å². The Hall–Kier alpha value is -1.55. The van der Waals surface area contributed by atoms with Gasteiger partial charge in [-0.15, -0.1) is 12.4 Å². The van der Waals surface area contributed by atoms with Gasteiger partial charge in [0.15, 0.2) is 5.78 Å². The van der Waals surface area contributed by atoms with Gasteiger partial charge in [0.2, 0.25) is 5.91 Å². The van der Waals surface area contributed by atoms with E-state index in [9.17, 15) is 9.59 Å². The van der Waals surface area contributed by atoms with Crippen LogP contribution < -0.4 is 5.32 Å². The Labute approximate surface area is 138 Å². The lowest BCUT2D eigenvalue weighted by Crippen LogP contribution is -2.12. The van der Waals surface area contributed by atoms with Crippen molar-refractivity contribution in [1.29, 1.82) is 0 Å². The SMILES string of the molecule is CC(=O)Nc1ccc(Cl)cc1C(=O)c1ccccc1Cl.Cl. The van der Waals surface area contributed by atoms with Crippen LogP contribution >= 0.6 is 35.6 Å². The van der Waals surface area contributed by atoms with Crippen LogP contribution in [-0.2, 0) is 4.79 Å². The average Bonchev–Trinajstić information content (AvgIpc) is 2.40. The predicted octanol–water partition coefficient (Wildman–Crippen LogP) is 4.60. The number of hydrogen-bond donors (Lipinski definition) is 1. The van der Waals surface area contributed by atoms with Gasteiger partial charge in [-0.05, 0) is 30.3 Å². The highest BCUT2D eigenvalue weighted by atomic mass is 35.5. The van der Waals surface area contributed by atoms with Crippen LogP contribution in [-0.4, -0.2) is 11.7 Å². The standard InChI is InChI=1S/C15H11Cl2NO2.ClH/c1-9(19)18-14-7-6-10(16)8-12(14)15(20)11-4-2-3-5-13(11)17;/h2-8H,1H3,(H,18,19);1H. The lowest BCUT2D eigenvalue weighted by atomic mass is 10.0. The maximum Gasteiger partial charge on any atom is 0.221 e. The first kappa shape index (κ1) is 17.5. The van der Waals surface area contributed by atoms with E-state index in [1.54, 1.807) is 36.4 Å². The number of anilines is 1. The second-order valence-electron chi connectivity index (χ2n) is 4.18. The summed E-state index contributed by atoms with van der Waals surface area (Å²) in [5.41, 5.74) is 1.08. The molecule has 0 unspecified atom stereocenters. The van der Waals surface area contributed by atoms with Crippen LogP contribution in [0.25, 0.3) is 0 Å². The molecule has 0 atom stereocenters. The van der Waals surface area contributed by atoms with Gasteiger partial charge in [0.25, 0.3) is 0 Å². The van der Waals surface area contributed by atoms with Crippen LogP contribution in [0.15, 0.2) is 42.5 Å². The second-order valence-corrected chi connectivity index (χ2v) is 5.02. The molecular weight excluding hydrogens is 333 g/mol. The van der Waals surface area contributed by atoms with Gasteiger partial charge in [-0.3, -0.25) is 9.59 Å². The molecule has 2 aromatic rings. The topological polar surface area (TPSA) is 46.2 Å². The van der Waals surface area contributed by atoms with Crippen molar-refractivity contribution in [2.24, 2.45) is 0 Å². The molecule has 0 aliphatic carbocycles. The predicted molar refractivity (Wildman–Crippen MR) is 87.9 cm³/mol. The number of benzene rings is 2. The van der Waals surface area contributed by atoms with Gasteiger partial charge in [0.1, 0.15) is 0 Å². The van der Waals surface area contributed by atoms with E-state index in [1.807, 2.05) is 0 Å². The molecule has 0 aromatic heterocycles. The first-order valence-electron chi connectivity index (χ1n) is 5.85. The van der Waals surface area contributed by atoms with Gasteiger partial charge in [-0.1, -0.05) is 35.3 Å². The van der Waals surface area contributed by atoms with Crippen molar-refractivity contribution in [1.82, 2.24) is 0 Å². The van der Waals surface area contributed by atoms with E-state index >= 15 is 0 Å². The summed E-state index contributed by atoms with van der Waals surface area (Å²) in [7, 11) is 0. The van der Waals surface area contributed by atoms with E-state index in [0.717, 1.165) is 0 Å². The van der Waals surface area contributed by atoms with Gasteiger partial charge < -0.3 is 5.32 Å². The summed E-state index contributed by atoms with van der Waals surface area (Å²) in [4.78, 5) is 23.7. The molecule has 2 aromatic carbocycles. The molecule has 0 spiro atoms. The maximum atomic E-state index is 12.5. The van der Waals surface area contributed by atoms with Gasteiger partial charge in [0.05, 0.1) is 10.7 Å². The number of hydrogen-bond acceptors (Lipinski definition) is 2. The van der Waals surface area contributed by atoms with Crippen LogP contribution in [0.3, 0.4) is 0 Å². The second kappa shape index (κ2) is 7.46. The van der Waals surface area contributed by atoms with Crippen molar-refractivity contribution in [3.05, 3.63) is 63.6 Å². The van der Waals surface area contributed by atoms with Crippen LogP contribution in [0, 0.1) is 0 Å². The number of carbonyl (C=O) groups is 2. The summed E-state index contributed by atoms with van der Waals surface area (Å²) in [6, 6.07) is 11.4. The number of nitrogens with one attached hydrogen (secondary N) is 1. The average molecular weight is 345 g/mol. The largest absolute Gasteiger partial charge is 0.326 e. The van der Waals surface area contributed by atoms with Gasteiger partial charge in [0, 0.05) is 23.1 Å². The Kier molecular flexibility index (Phi) is 6.21. The Morgan fingerprint density at radius 1 is 1.00 bits per heavy atom. The Morgan fingerprint density at radius 2 is 1.67 bits per heavy atom. The third-order valence-corrected chi connectivity index (χ3v) is 3.22. The molecule has 2 rings (SSSR count). The molecule has 0 aliphatic heterocycles. The van der Waals surface area contributed by atoms with Crippen molar-refractivity contribution in [3.8, 4) is 0 Å². The van der Waals surface area contributed by atoms with Crippen LogP contribution in [0.2, 0.25) is 10.0 Å². The van der Waals surface area contributed by atoms with E-state index in [0.29, 0.717) is 26.9 Å². The highest BCUT2D eigenvalue weighted by molar-refractivity contribution is 6.36. The third-order valence-electron chi connectivity index (χ3n) is 2.66. The molecule has 0 radical (unpaired) electrons. The zero-order valence-corrected chi connectivity index (χ0v) is 13.4. The fourth-order valence-electron chi connectivity index (χ4n) is 1.79. The molecule has 110 valence electrons. The Bertz CT molecular complexity index is 686. The molecule has 3 nitrogen and oxygen atoms in total. The zero-order valence-electron chi connectivity index (χ0n) is 11.0. The van der Waals surface area contributed by atoms with Crippen LogP contribution in [0.5, 0.6) is 0 Å². The van der Waals surface area contributed by atoms with Crippen molar-refractivity contribution in [2.45, 2.75) is 6.92 Å². The molecule has 0 fully saturated rings. The molecule has 21 heavy (non-hydrogen) atoms. The van der Waals surface area contributed by atoms with E-state index in [2.05, 4.69) is 5.32 Å². The van der Waals surface area contributed by atoms with Gasteiger partial charge in [-0.2, -0.15) is 0 Å². The molecule has 0 bridgehead atoms. The van der Waals surface area contributed by atoms with E-state index in [1.165, 1.54) is 13.0 Å². The molecule has 0 heterocycles. The number of rotatable bonds is 3. The summed E-state index contributed by atoms with van der Waals surface area (Å²) >= 11 is 12.0. The highest BCUT2D eigenvalue weighted by Gasteiger charge is 2.17. The minimum atomic E-state index is -0.290. The van der Waals surface area contributed by atoms with E-state index in [4.69, 9.17) is 23.2 Å². The van der Waals surface area contributed by atoms with E-state index in [-0.39, 0.29) is 24.1 Å². The zero-order chi connectivity index (χ0) is 14.7. The number of ketones is 1. The van der Waals surface area contributed by atoms with Crippen molar-refractivity contribution >= 4 is 53.0 Å². The minimum absolute atomic E-state index is 0. The first-order valence-corrected chi connectivity index (χ1v) is 6.61. The third kappa shape index (κ3) is 4.21. The van der Waals surface area contributed by atoms with Crippen LogP contribution in [0.1, 0.15) is 22.8 Å². The fraction of sp³-hybridized carbons (Fsp3) is 0.0667. The van der Waals surface area contributed by atoms with Crippen LogP contribution in [0.4, 0.5) is 5.69 Å². The summed E-state index contributed by atoms with van der Waals surface area (Å²) in [5, 5.41) is 3.37. The lowest BCUT2D eigenvalue weighted by Gasteiger charge is -2.10. The fourth-order valence-corrected chi connectivity index (χ4v) is 2.19. The molecule has 1 N–H and O–H groups in total. The quantitative estimate of drug-likeness (QED) is 0.827. The summed E-state index contributed by atoms with van der Waals surface area (Å²) < 4.78 is 0. The monoisotopic (exact) mass is 343 g/mol.